The van der Waals surface area contributed by atoms with Gasteiger partial charge < -0.3 is 14.3 Å². The molecule has 4 aromatic carbocycles. The van der Waals surface area contributed by atoms with E-state index in [0.29, 0.717) is 0 Å². The number of anilines is 1. The molecule has 0 spiro atoms. The Hall–Kier alpha value is -4.41. The van der Waals surface area contributed by atoms with E-state index in [-0.39, 0.29) is 5.37 Å². The molecule has 40 heavy (non-hydrogen) atoms. The van der Waals surface area contributed by atoms with Gasteiger partial charge in [-0.1, -0.05) is 78.5 Å². The summed E-state index contributed by atoms with van der Waals surface area (Å²) >= 11 is 1.91. The Balaban J connectivity index is 1.27. The molecule has 8 rings (SSSR count). The van der Waals surface area contributed by atoms with Crippen molar-refractivity contribution in [2.45, 2.75) is 30.0 Å². The van der Waals surface area contributed by atoms with Gasteiger partial charge in [0.25, 0.3) is 0 Å². The standard InChI is InChI=1S/C36H28N2OS/c1-2-3-5-15-26-22-29-33(39-26)19-18-30-35(29)40-36(37-30)27-16-10-17-31-34(27)28-20-23-11-8-9-12-24(23)21-32(28)38(31)25-13-6-4-7-14-25/h2-9,11-16,18-22,36-37H,10,17H2,1H3/b3-2-,15-5-. The molecule has 1 unspecified atom stereocenters. The van der Waals surface area contributed by atoms with Crippen molar-refractivity contribution in [3.05, 3.63) is 126 Å². The maximum Gasteiger partial charge on any atom is 0.136 e. The van der Waals surface area contributed by atoms with Crippen molar-refractivity contribution in [3.63, 3.8) is 0 Å². The van der Waals surface area contributed by atoms with Crippen molar-refractivity contribution < 1.29 is 4.42 Å². The zero-order valence-electron chi connectivity index (χ0n) is 22.2. The lowest BCUT2D eigenvalue weighted by atomic mass is 9.93. The third-order valence-electron chi connectivity index (χ3n) is 8.02. The fourth-order valence-corrected chi connectivity index (χ4v) is 7.58. The van der Waals surface area contributed by atoms with Crippen LogP contribution in [0.15, 0.2) is 119 Å². The van der Waals surface area contributed by atoms with E-state index in [0.717, 1.165) is 24.2 Å². The molecule has 4 heteroatoms. The smallest absolute Gasteiger partial charge is 0.136 e. The normalized spacial score (nSPS) is 16.7. The van der Waals surface area contributed by atoms with Gasteiger partial charge >= 0.3 is 0 Å². The molecule has 1 N–H and O–H groups in total. The molecule has 2 aromatic heterocycles. The predicted molar refractivity (Wildman–Crippen MR) is 170 cm³/mol. The highest BCUT2D eigenvalue weighted by atomic mass is 32.2. The highest BCUT2D eigenvalue weighted by molar-refractivity contribution is 8.01. The number of hydrogen-bond donors (Lipinski definition) is 1. The molecule has 1 atom stereocenters. The highest BCUT2D eigenvalue weighted by Crippen LogP contribution is 2.51. The van der Waals surface area contributed by atoms with Crippen molar-refractivity contribution in [2.75, 3.05) is 5.32 Å². The molecule has 0 amide bonds. The number of aromatic nitrogens is 1. The number of fused-ring (bicyclic) bond motifs is 7. The minimum atomic E-state index is 0.137. The summed E-state index contributed by atoms with van der Waals surface area (Å²) in [6.45, 7) is 2.02. The van der Waals surface area contributed by atoms with E-state index in [4.69, 9.17) is 4.42 Å². The van der Waals surface area contributed by atoms with Gasteiger partial charge in [-0.15, -0.1) is 0 Å². The van der Waals surface area contributed by atoms with Gasteiger partial charge in [0, 0.05) is 38.3 Å². The average molecular weight is 537 g/mol. The third-order valence-corrected chi connectivity index (χ3v) is 9.30. The van der Waals surface area contributed by atoms with Gasteiger partial charge in [-0.3, -0.25) is 0 Å². The second kappa shape index (κ2) is 9.35. The van der Waals surface area contributed by atoms with Crippen molar-refractivity contribution in [3.8, 4) is 5.69 Å². The Morgan fingerprint density at radius 2 is 1.73 bits per heavy atom. The van der Waals surface area contributed by atoms with E-state index in [1.54, 1.807) is 0 Å². The topological polar surface area (TPSA) is 30.1 Å². The molecule has 0 saturated heterocycles. The minimum Gasteiger partial charge on any atom is -0.457 e. The Morgan fingerprint density at radius 1 is 0.900 bits per heavy atom. The van der Waals surface area contributed by atoms with Crippen LogP contribution >= 0.6 is 11.8 Å². The van der Waals surface area contributed by atoms with Crippen LogP contribution in [0, 0.1) is 0 Å². The first-order valence-electron chi connectivity index (χ1n) is 13.9. The molecule has 0 fully saturated rings. The van der Waals surface area contributed by atoms with Crippen LogP contribution in [-0.4, -0.2) is 9.94 Å². The molecule has 6 aromatic rings. The molecule has 0 saturated carbocycles. The molecule has 1 aliphatic heterocycles. The molecule has 194 valence electrons. The lowest BCUT2D eigenvalue weighted by Crippen LogP contribution is -2.16. The van der Waals surface area contributed by atoms with Gasteiger partial charge in [-0.05, 0) is 84.7 Å². The minimum absolute atomic E-state index is 0.137. The monoisotopic (exact) mass is 536 g/mol. The summed E-state index contributed by atoms with van der Waals surface area (Å²) in [7, 11) is 0. The Bertz CT molecular complexity index is 2020. The summed E-state index contributed by atoms with van der Waals surface area (Å²) in [5.74, 6) is 0.877. The summed E-state index contributed by atoms with van der Waals surface area (Å²) in [5.41, 5.74) is 8.76. The summed E-state index contributed by atoms with van der Waals surface area (Å²) < 4.78 is 8.64. The molecule has 2 aliphatic rings. The summed E-state index contributed by atoms with van der Waals surface area (Å²) in [6, 6.07) is 30.7. The van der Waals surface area contributed by atoms with E-state index in [9.17, 15) is 0 Å². The number of hydrogen-bond acceptors (Lipinski definition) is 3. The summed E-state index contributed by atoms with van der Waals surface area (Å²) in [6.07, 6.45) is 12.6. The van der Waals surface area contributed by atoms with E-state index in [2.05, 4.69) is 101 Å². The van der Waals surface area contributed by atoms with E-state index in [1.165, 1.54) is 60.2 Å². The largest absolute Gasteiger partial charge is 0.457 e. The molecular formula is C36H28N2OS. The SMILES string of the molecule is C/C=C\C=C/c1cc2c3c(ccc2o1)NC(C1=CCCc2c1c1cc4ccccc4cc1n2-c1ccccc1)S3. The number of benzene rings is 4. The van der Waals surface area contributed by atoms with Crippen molar-refractivity contribution >= 4 is 61.7 Å². The maximum absolute atomic E-state index is 6.15. The first-order chi connectivity index (χ1) is 19.8. The van der Waals surface area contributed by atoms with Crippen LogP contribution in [0.1, 0.15) is 30.4 Å². The molecule has 3 nitrogen and oxygen atoms in total. The number of para-hydroxylation sites is 1. The number of nitrogens with zero attached hydrogens (tertiary/aromatic N) is 1. The number of allylic oxidation sites excluding steroid dienone is 4. The molecule has 0 bridgehead atoms. The number of furan rings is 1. The van der Waals surface area contributed by atoms with Crippen LogP contribution in [0.4, 0.5) is 5.69 Å². The third kappa shape index (κ3) is 3.67. The van der Waals surface area contributed by atoms with Gasteiger partial charge in [0.05, 0.1) is 5.52 Å². The fourth-order valence-electron chi connectivity index (χ4n) is 6.28. The number of nitrogens with one attached hydrogen (secondary N) is 1. The lowest BCUT2D eigenvalue weighted by Gasteiger charge is -2.22. The van der Waals surface area contributed by atoms with Gasteiger partial charge in [-0.2, -0.15) is 0 Å². The average Bonchev–Trinajstić information content (AvgIpc) is 3.69. The zero-order valence-corrected chi connectivity index (χ0v) is 23.0. The number of thioether (sulfide) groups is 1. The first kappa shape index (κ1) is 23.5. The molecule has 3 heterocycles. The second-order valence-corrected chi connectivity index (χ2v) is 11.6. The van der Waals surface area contributed by atoms with Gasteiger partial charge in [0.1, 0.15) is 16.7 Å². The van der Waals surface area contributed by atoms with Crippen molar-refractivity contribution in [1.82, 2.24) is 4.57 Å². The Kier molecular flexibility index (Phi) is 5.49. The quantitative estimate of drug-likeness (QED) is 0.227. The maximum atomic E-state index is 6.15. The van der Waals surface area contributed by atoms with Gasteiger partial charge in [-0.25, -0.2) is 0 Å². The predicted octanol–water partition coefficient (Wildman–Crippen LogP) is 9.99. The second-order valence-electron chi connectivity index (χ2n) is 10.4. The Labute approximate surface area is 237 Å². The van der Waals surface area contributed by atoms with Crippen LogP contribution in [0.25, 0.3) is 50.0 Å². The molecule has 0 radical (unpaired) electrons. The van der Waals surface area contributed by atoms with Crippen LogP contribution < -0.4 is 5.32 Å². The Morgan fingerprint density at radius 3 is 2.58 bits per heavy atom. The summed E-state index contributed by atoms with van der Waals surface area (Å²) in [5, 5.41) is 9.05. The lowest BCUT2D eigenvalue weighted by molar-refractivity contribution is 0.604. The van der Waals surface area contributed by atoms with Crippen molar-refractivity contribution in [1.29, 1.82) is 0 Å². The van der Waals surface area contributed by atoms with Crippen molar-refractivity contribution in [2.24, 2.45) is 0 Å². The summed E-state index contributed by atoms with van der Waals surface area (Å²) in [4.78, 5) is 1.27. The molecular weight excluding hydrogens is 508 g/mol. The van der Waals surface area contributed by atoms with Crippen LogP contribution in [0.5, 0.6) is 0 Å². The van der Waals surface area contributed by atoms with E-state index < -0.39 is 0 Å². The van der Waals surface area contributed by atoms with E-state index in [1.807, 2.05) is 43.0 Å². The number of rotatable bonds is 4. The zero-order chi connectivity index (χ0) is 26.6. The van der Waals surface area contributed by atoms with Crippen LogP contribution in [0.3, 0.4) is 0 Å². The van der Waals surface area contributed by atoms with Gasteiger partial charge in [0.2, 0.25) is 0 Å². The van der Waals surface area contributed by atoms with Gasteiger partial charge in [0.15, 0.2) is 0 Å². The molecule has 1 aliphatic carbocycles. The first-order valence-corrected chi connectivity index (χ1v) is 14.8. The highest BCUT2D eigenvalue weighted by Gasteiger charge is 2.33. The van der Waals surface area contributed by atoms with E-state index >= 15 is 0 Å². The fraction of sp³-hybridized carbons (Fsp3) is 0.111. The van der Waals surface area contributed by atoms with Crippen LogP contribution in [0.2, 0.25) is 0 Å². The van der Waals surface area contributed by atoms with Crippen LogP contribution in [-0.2, 0) is 6.42 Å².